The van der Waals surface area contributed by atoms with Crippen LogP contribution >= 0.6 is 0 Å². The van der Waals surface area contributed by atoms with Crippen LogP contribution in [0.1, 0.15) is 17.3 Å². The van der Waals surface area contributed by atoms with Crippen molar-refractivity contribution in [3.8, 4) is 0 Å². The lowest BCUT2D eigenvalue weighted by Crippen LogP contribution is -2.46. The zero-order valence-electron chi connectivity index (χ0n) is 14.9. The number of carboxylic acid groups (broad SMARTS) is 1. The molecule has 2 heterocycles. The Labute approximate surface area is 155 Å². The molecule has 2 aromatic rings. The fourth-order valence-electron chi connectivity index (χ4n) is 4.01. The van der Waals surface area contributed by atoms with Crippen molar-refractivity contribution in [2.75, 3.05) is 18.0 Å². The molecule has 2 unspecified atom stereocenters. The summed E-state index contributed by atoms with van der Waals surface area (Å²) in [4.78, 5) is 25.7. The molecule has 0 saturated carbocycles. The summed E-state index contributed by atoms with van der Waals surface area (Å²) in [5.41, 5.74) is 5.76. The van der Waals surface area contributed by atoms with Crippen LogP contribution in [-0.4, -0.2) is 34.3 Å². The summed E-state index contributed by atoms with van der Waals surface area (Å²) in [7, 11) is 0. The standard InChI is InChI=1S/C20H20FN3O3/c1-2-23-10-14(19(26)27)18(25)13-7-15(21)17(8-16(13)23)24-9-12-5-3-4-6-20(12,22)11-24/h3-8,10,12H,2,9,11,22H2,1H3,(H,26,27). The second kappa shape index (κ2) is 6.06. The number of fused-ring (bicyclic) bond motifs is 2. The van der Waals surface area contributed by atoms with E-state index in [0.29, 0.717) is 30.8 Å². The first-order chi connectivity index (χ1) is 12.8. The maximum absolute atomic E-state index is 14.9. The van der Waals surface area contributed by atoms with Crippen LogP contribution in [0, 0.1) is 11.7 Å². The molecule has 1 aliphatic carbocycles. The van der Waals surface area contributed by atoms with Gasteiger partial charge in [-0.15, -0.1) is 0 Å². The minimum absolute atomic E-state index is 0.0665. The number of aromatic nitrogens is 1. The number of carbonyl (C=O) groups is 1. The van der Waals surface area contributed by atoms with Gasteiger partial charge in [0, 0.05) is 37.1 Å². The number of aryl methyl sites for hydroxylation is 1. The minimum Gasteiger partial charge on any atom is -0.477 e. The fraction of sp³-hybridized carbons (Fsp3) is 0.300. The zero-order chi connectivity index (χ0) is 19.3. The molecule has 3 N–H and O–H groups in total. The number of rotatable bonds is 3. The maximum atomic E-state index is 14.9. The molecule has 1 aliphatic heterocycles. The molecular weight excluding hydrogens is 349 g/mol. The normalized spacial score (nSPS) is 23.8. The summed E-state index contributed by atoms with van der Waals surface area (Å²) in [6, 6.07) is 2.76. The molecule has 1 aromatic carbocycles. The highest BCUT2D eigenvalue weighted by Gasteiger charge is 2.42. The Hall–Kier alpha value is -2.93. The Bertz CT molecular complexity index is 1070. The van der Waals surface area contributed by atoms with E-state index in [1.54, 1.807) is 10.6 Å². The van der Waals surface area contributed by atoms with Crippen LogP contribution in [0.15, 0.2) is 47.4 Å². The number of nitrogens with zero attached hydrogens (tertiary/aromatic N) is 2. The van der Waals surface area contributed by atoms with Crippen molar-refractivity contribution >= 4 is 22.6 Å². The summed E-state index contributed by atoms with van der Waals surface area (Å²) >= 11 is 0. The zero-order valence-corrected chi connectivity index (χ0v) is 14.9. The van der Waals surface area contributed by atoms with Gasteiger partial charge in [0.1, 0.15) is 11.4 Å². The molecule has 0 bridgehead atoms. The van der Waals surface area contributed by atoms with Crippen molar-refractivity contribution < 1.29 is 14.3 Å². The second-order valence-corrected chi connectivity index (χ2v) is 7.13. The van der Waals surface area contributed by atoms with Gasteiger partial charge >= 0.3 is 5.97 Å². The lowest BCUT2D eigenvalue weighted by molar-refractivity contribution is 0.0695. The third-order valence-electron chi connectivity index (χ3n) is 5.49. The van der Waals surface area contributed by atoms with Gasteiger partial charge < -0.3 is 20.3 Å². The van der Waals surface area contributed by atoms with Crippen molar-refractivity contribution in [2.24, 2.45) is 11.7 Å². The third-order valence-corrected chi connectivity index (χ3v) is 5.49. The van der Waals surface area contributed by atoms with Crippen LogP contribution in [0.3, 0.4) is 0 Å². The summed E-state index contributed by atoms with van der Waals surface area (Å²) < 4.78 is 16.6. The van der Waals surface area contributed by atoms with Gasteiger partial charge in [-0.25, -0.2) is 9.18 Å². The average Bonchev–Trinajstić information content (AvgIpc) is 2.98. The molecule has 0 amide bonds. The maximum Gasteiger partial charge on any atom is 0.341 e. The van der Waals surface area contributed by atoms with Crippen molar-refractivity contribution in [2.45, 2.75) is 19.0 Å². The highest BCUT2D eigenvalue weighted by Crippen LogP contribution is 2.36. The third kappa shape index (κ3) is 2.66. The monoisotopic (exact) mass is 369 g/mol. The first-order valence-corrected chi connectivity index (χ1v) is 8.84. The Kier molecular flexibility index (Phi) is 3.92. The number of pyridine rings is 1. The number of hydrogen-bond donors (Lipinski definition) is 2. The number of nitrogens with two attached hydrogens (primary N) is 1. The molecule has 27 heavy (non-hydrogen) atoms. The van der Waals surface area contributed by atoms with Crippen molar-refractivity contribution in [3.05, 3.63) is 64.2 Å². The fourth-order valence-corrected chi connectivity index (χ4v) is 4.01. The largest absolute Gasteiger partial charge is 0.477 e. The number of allylic oxidation sites excluding steroid dienone is 2. The Balaban J connectivity index is 1.87. The van der Waals surface area contributed by atoms with Gasteiger partial charge in [0.15, 0.2) is 0 Å². The lowest BCUT2D eigenvalue weighted by atomic mass is 9.85. The summed E-state index contributed by atoms with van der Waals surface area (Å²) in [5, 5.41) is 9.31. The van der Waals surface area contributed by atoms with Crippen molar-refractivity contribution in [1.82, 2.24) is 4.57 Å². The van der Waals surface area contributed by atoms with Crippen molar-refractivity contribution in [1.29, 1.82) is 0 Å². The first kappa shape index (κ1) is 17.5. The number of anilines is 1. The lowest BCUT2D eigenvalue weighted by Gasteiger charge is -2.26. The molecule has 6 nitrogen and oxygen atoms in total. The van der Waals surface area contributed by atoms with Gasteiger partial charge in [-0.2, -0.15) is 0 Å². The van der Waals surface area contributed by atoms with E-state index in [2.05, 4.69) is 0 Å². The van der Waals surface area contributed by atoms with Gasteiger partial charge in [-0.3, -0.25) is 4.79 Å². The molecule has 1 saturated heterocycles. The van der Waals surface area contributed by atoms with Crippen LogP contribution in [0.25, 0.3) is 10.9 Å². The molecule has 1 aromatic heterocycles. The molecule has 140 valence electrons. The molecule has 7 heteroatoms. The molecular formula is C20H20FN3O3. The van der Waals surface area contributed by atoms with E-state index >= 15 is 0 Å². The minimum atomic E-state index is -1.32. The van der Waals surface area contributed by atoms with Gasteiger partial charge in [0.25, 0.3) is 0 Å². The predicted octanol–water partition coefficient (Wildman–Crippen LogP) is 2.12. The number of halogens is 1. The number of hydrogen-bond acceptors (Lipinski definition) is 4. The summed E-state index contributed by atoms with van der Waals surface area (Å²) in [6.45, 7) is 3.33. The molecule has 0 spiro atoms. The van der Waals surface area contributed by atoms with Crippen LogP contribution in [0.2, 0.25) is 0 Å². The first-order valence-electron chi connectivity index (χ1n) is 8.84. The van der Waals surface area contributed by atoms with Gasteiger partial charge in [0.2, 0.25) is 5.43 Å². The smallest absolute Gasteiger partial charge is 0.341 e. The predicted molar refractivity (Wildman–Crippen MR) is 102 cm³/mol. The van der Waals surface area contributed by atoms with Crippen molar-refractivity contribution in [3.63, 3.8) is 0 Å². The van der Waals surface area contributed by atoms with Crippen LogP contribution in [0.5, 0.6) is 0 Å². The van der Waals surface area contributed by atoms with E-state index in [1.165, 1.54) is 6.20 Å². The molecule has 2 atom stereocenters. The Morgan fingerprint density at radius 1 is 1.41 bits per heavy atom. The van der Waals surface area contributed by atoms with Crippen LogP contribution < -0.4 is 16.1 Å². The Morgan fingerprint density at radius 2 is 2.19 bits per heavy atom. The van der Waals surface area contributed by atoms with E-state index in [0.717, 1.165) is 6.07 Å². The summed E-state index contributed by atoms with van der Waals surface area (Å²) in [6.07, 6.45) is 9.13. The number of benzene rings is 1. The molecule has 4 rings (SSSR count). The SMILES string of the molecule is CCn1cc(C(=O)O)c(=O)c2cc(F)c(N3CC4C=CC=CC4(N)C3)cc21. The molecule has 1 fully saturated rings. The highest BCUT2D eigenvalue weighted by molar-refractivity contribution is 5.93. The summed E-state index contributed by atoms with van der Waals surface area (Å²) in [5.74, 6) is -1.79. The van der Waals surface area contributed by atoms with E-state index in [9.17, 15) is 19.1 Å². The molecule has 2 aliphatic rings. The van der Waals surface area contributed by atoms with Gasteiger partial charge in [0.05, 0.1) is 16.7 Å². The van der Waals surface area contributed by atoms with Gasteiger partial charge in [-0.05, 0) is 19.1 Å². The topological polar surface area (TPSA) is 88.6 Å². The van der Waals surface area contributed by atoms with E-state index in [4.69, 9.17) is 5.73 Å². The van der Waals surface area contributed by atoms with Gasteiger partial charge in [-0.1, -0.05) is 24.3 Å². The average molecular weight is 369 g/mol. The number of carboxylic acids is 1. The van der Waals surface area contributed by atoms with E-state index in [1.807, 2.05) is 36.1 Å². The van der Waals surface area contributed by atoms with Crippen LogP contribution in [0.4, 0.5) is 10.1 Å². The second-order valence-electron chi connectivity index (χ2n) is 7.13. The number of aromatic carboxylic acids is 1. The van der Waals surface area contributed by atoms with E-state index in [-0.39, 0.29) is 16.9 Å². The van der Waals surface area contributed by atoms with E-state index < -0.39 is 22.8 Å². The van der Waals surface area contributed by atoms with Crippen LogP contribution in [-0.2, 0) is 6.54 Å². The molecule has 0 radical (unpaired) electrons. The highest BCUT2D eigenvalue weighted by atomic mass is 19.1. The Morgan fingerprint density at radius 3 is 2.85 bits per heavy atom. The quantitative estimate of drug-likeness (QED) is 0.865.